The molecule has 0 N–H and O–H groups in total. The first kappa shape index (κ1) is 15.2. The molecule has 0 unspecified atom stereocenters. The molecule has 0 fully saturated rings. The molecule has 1 aromatic carbocycles. The molecule has 1 rings (SSSR count). The molecule has 0 saturated carbocycles. The van der Waals surface area contributed by atoms with Gasteiger partial charge in [-0.05, 0) is 26.8 Å². The second-order valence-corrected chi connectivity index (χ2v) is 5.18. The third-order valence-corrected chi connectivity index (χ3v) is 2.42. The summed E-state index contributed by atoms with van der Waals surface area (Å²) in [6.45, 7) is 5.25. The Labute approximate surface area is 116 Å². The van der Waals surface area contributed by atoms with Crippen LogP contribution in [0.25, 0.3) is 6.08 Å². The molecule has 19 heavy (non-hydrogen) atoms. The number of carbonyl (C=O) groups is 1. The van der Waals surface area contributed by atoms with E-state index in [0.717, 1.165) is 0 Å². The van der Waals surface area contributed by atoms with Crippen LogP contribution in [-0.4, -0.2) is 16.5 Å². The second kappa shape index (κ2) is 5.84. The normalized spacial score (nSPS) is 11.6. The van der Waals surface area contributed by atoms with Gasteiger partial charge in [0.05, 0.1) is 4.92 Å². The van der Waals surface area contributed by atoms with Gasteiger partial charge in [-0.15, -0.1) is 0 Å². The Bertz CT molecular complexity index is 532. The topological polar surface area (TPSA) is 69.4 Å². The van der Waals surface area contributed by atoms with Crippen molar-refractivity contribution in [3.05, 3.63) is 45.0 Å². The molecule has 0 aliphatic rings. The van der Waals surface area contributed by atoms with E-state index in [0.29, 0.717) is 5.56 Å². The number of ether oxygens (including phenoxy) is 1. The first-order valence-electron chi connectivity index (χ1n) is 5.54. The van der Waals surface area contributed by atoms with Crippen molar-refractivity contribution in [2.75, 3.05) is 0 Å². The first-order valence-corrected chi connectivity index (χ1v) is 5.92. The number of hydrogen-bond acceptors (Lipinski definition) is 4. The van der Waals surface area contributed by atoms with Gasteiger partial charge in [-0.25, -0.2) is 4.79 Å². The van der Waals surface area contributed by atoms with Crippen LogP contribution in [0.5, 0.6) is 0 Å². The van der Waals surface area contributed by atoms with E-state index >= 15 is 0 Å². The van der Waals surface area contributed by atoms with E-state index in [-0.39, 0.29) is 10.7 Å². The third-order valence-electron chi connectivity index (χ3n) is 2.01. The third kappa shape index (κ3) is 4.71. The largest absolute Gasteiger partial charge is 0.457 e. The molecular formula is C13H14ClNO4. The highest BCUT2D eigenvalue weighted by Gasteiger charge is 2.16. The lowest BCUT2D eigenvalue weighted by Crippen LogP contribution is -2.22. The minimum atomic E-state index is -0.589. The summed E-state index contributed by atoms with van der Waals surface area (Å²) in [5.41, 5.74) is -0.400. The standard InChI is InChI=1S/C13H14ClNO4/c1-13(2,3)19-11(16)8-7-9-5-4-6-10(12(9)14)15(17)18/h4-8H,1-3H3. The van der Waals surface area contributed by atoms with Crippen LogP contribution < -0.4 is 0 Å². The summed E-state index contributed by atoms with van der Waals surface area (Å²) in [5, 5.41) is 10.7. The molecule has 102 valence electrons. The van der Waals surface area contributed by atoms with Crippen molar-refractivity contribution in [1.29, 1.82) is 0 Å². The lowest BCUT2D eigenvalue weighted by Gasteiger charge is -2.17. The predicted molar refractivity (Wildman–Crippen MR) is 73.0 cm³/mol. The Balaban J connectivity index is 2.92. The summed E-state index contributed by atoms with van der Waals surface area (Å²) in [6, 6.07) is 4.38. The molecule has 5 nitrogen and oxygen atoms in total. The van der Waals surface area contributed by atoms with Gasteiger partial charge in [-0.2, -0.15) is 0 Å². The van der Waals surface area contributed by atoms with E-state index in [1.54, 1.807) is 26.8 Å². The maximum Gasteiger partial charge on any atom is 0.331 e. The van der Waals surface area contributed by atoms with Gasteiger partial charge in [0.15, 0.2) is 0 Å². The maximum absolute atomic E-state index is 11.5. The SMILES string of the molecule is CC(C)(C)OC(=O)C=Cc1cccc([N+](=O)[O-])c1Cl. The second-order valence-electron chi connectivity index (χ2n) is 4.80. The zero-order chi connectivity index (χ0) is 14.6. The van der Waals surface area contributed by atoms with Crippen molar-refractivity contribution in [2.45, 2.75) is 26.4 Å². The molecule has 0 aromatic heterocycles. The van der Waals surface area contributed by atoms with E-state index in [4.69, 9.17) is 16.3 Å². The molecule has 0 aliphatic heterocycles. The lowest BCUT2D eigenvalue weighted by molar-refractivity contribution is -0.384. The molecule has 0 bridgehead atoms. The summed E-state index contributed by atoms with van der Waals surface area (Å²) < 4.78 is 5.07. The summed E-state index contributed by atoms with van der Waals surface area (Å²) in [6.07, 6.45) is 2.58. The van der Waals surface area contributed by atoms with Crippen molar-refractivity contribution in [3.8, 4) is 0 Å². The number of halogens is 1. The number of nitro groups is 1. The molecule has 0 radical (unpaired) electrons. The van der Waals surface area contributed by atoms with E-state index in [2.05, 4.69) is 0 Å². The van der Waals surface area contributed by atoms with Gasteiger partial charge in [0.25, 0.3) is 5.69 Å². The average molecular weight is 284 g/mol. The van der Waals surface area contributed by atoms with Gasteiger partial charge in [0.2, 0.25) is 0 Å². The fourth-order valence-corrected chi connectivity index (χ4v) is 1.56. The minimum absolute atomic E-state index is 0.00712. The molecular weight excluding hydrogens is 270 g/mol. The van der Waals surface area contributed by atoms with Crippen LogP contribution in [0.2, 0.25) is 5.02 Å². The fraction of sp³-hybridized carbons (Fsp3) is 0.308. The molecule has 1 aromatic rings. The number of carbonyl (C=O) groups excluding carboxylic acids is 1. The quantitative estimate of drug-likeness (QED) is 0.368. The number of rotatable bonds is 3. The highest BCUT2D eigenvalue weighted by atomic mass is 35.5. The van der Waals surface area contributed by atoms with Crippen molar-refractivity contribution in [1.82, 2.24) is 0 Å². The van der Waals surface area contributed by atoms with Gasteiger partial charge in [-0.1, -0.05) is 23.7 Å². The Kier molecular flexibility index (Phi) is 4.67. The lowest BCUT2D eigenvalue weighted by atomic mass is 10.2. The van der Waals surface area contributed by atoms with Gasteiger partial charge in [-0.3, -0.25) is 10.1 Å². The zero-order valence-electron chi connectivity index (χ0n) is 10.8. The summed E-state index contributed by atoms with van der Waals surface area (Å²) >= 11 is 5.88. The van der Waals surface area contributed by atoms with Crippen LogP contribution >= 0.6 is 11.6 Å². The van der Waals surface area contributed by atoms with Crippen LogP contribution in [-0.2, 0) is 9.53 Å². The van der Waals surface area contributed by atoms with Gasteiger partial charge in [0, 0.05) is 17.7 Å². The Morgan fingerprint density at radius 3 is 2.58 bits per heavy atom. The summed E-state index contributed by atoms with van der Waals surface area (Å²) in [7, 11) is 0. The number of hydrogen-bond donors (Lipinski definition) is 0. The van der Waals surface area contributed by atoms with Gasteiger partial charge < -0.3 is 4.74 Å². The highest BCUT2D eigenvalue weighted by Crippen LogP contribution is 2.28. The van der Waals surface area contributed by atoms with Crippen molar-refractivity contribution in [3.63, 3.8) is 0 Å². The number of nitrogens with zero attached hydrogens (tertiary/aromatic N) is 1. The molecule has 0 spiro atoms. The highest BCUT2D eigenvalue weighted by molar-refractivity contribution is 6.34. The Hall–Kier alpha value is -1.88. The monoisotopic (exact) mass is 283 g/mol. The summed E-state index contributed by atoms with van der Waals surface area (Å²) in [5.74, 6) is -0.532. The Morgan fingerprint density at radius 2 is 2.05 bits per heavy atom. The molecule has 0 heterocycles. The van der Waals surface area contributed by atoms with Crippen LogP contribution in [0, 0.1) is 10.1 Å². The van der Waals surface area contributed by atoms with Crippen molar-refractivity contribution >= 4 is 29.3 Å². The molecule has 0 amide bonds. The van der Waals surface area contributed by atoms with E-state index in [1.807, 2.05) is 0 Å². The predicted octanol–water partition coefficient (Wildman–Crippen LogP) is 3.60. The smallest absolute Gasteiger partial charge is 0.331 e. The van der Waals surface area contributed by atoms with Crippen molar-refractivity contribution < 1.29 is 14.5 Å². The molecule has 0 atom stereocenters. The van der Waals surface area contributed by atoms with E-state index in [9.17, 15) is 14.9 Å². The first-order chi connectivity index (χ1) is 8.70. The van der Waals surface area contributed by atoms with Crippen LogP contribution in [0.3, 0.4) is 0 Å². The van der Waals surface area contributed by atoms with Crippen molar-refractivity contribution in [2.24, 2.45) is 0 Å². The summed E-state index contributed by atoms with van der Waals surface area (Å²) in [4.78, 5) is 21.6. The number of nitro benzene ring substituents is 1. The van der Waals surface area contributed by atoms with Crippen LogP contribution in [0.1, 0.15) is 26.3 Å². The average Bonchev–Trinajstić information content (AvgIpc) is 2.24. The maximum atomic E-state index is 11.5. The zero-order valence-corrected chi connectivity index (χ0v) is 11.6. The van der Waals surface area contributed by atoms with Crippen LogP contribution in [0.15, 0.2) is 24.3 Å². The van der Waals surface area contributed by atoms with Crippen LogP contribution in [0.4, 0.5) is 5.69 Å². The number of benzene rings is 1. The minimum Gasteiger partial charge on any atom is -0.457 e. The molecule has 6 heteroatoms. The van der Waals surface area contributed by atoms with E-state index < -0.39 is 16.5 Å². The Morgan fingerprint density at radius 1 is 1.42 bits per heavy atom. The fourth-order valence-electron chi connectivity index (χ4n) is 1.30. The molecule has 0 saturated heterocycles. The van der Waals surface area contributed by atoms with Gasteiger partial charge >= 0.3 is 5.97 Å². The van der Waals surface area contributed by atoms with Gasteiger partial charge in [0.1, 0.15) is 10.6 Å². The molecule has 0 aliphatic carbocycles. The van der Waals surface area contributed by atoms with E-state index in [1.165, 1.54) is 24.3 Å². The number of esters is 1.